The van der Waals surface area contributed by atoms with Crippen LogP contribution in [0, 0.1) is 11.3 Å². The number of carbonyl (C=O) groups is 2. The van der Waals surface area contributed by atoms with E-state index in [4.69, 9.17) is 5.26 Å². The van der Waals surface area contributed by atoms with Gasteiger partial charge in [0, 0.05) is 12.4 Å². The van der Waals surface area contributed by atoms with Crippen molar-refractivity contribution in [2.45, 2.75) is 8.42 Å². The largest absolute Gasteiger partial charge is 0.478 e. The second-order valence-electron chi connectivity index (χ2n) is 8.53. The molecular formula is C26H18N4O7S4. The minimum absolute atomic E-state index is 0.0253. The fraction of sp³-hybridized carbons (Fsp3) is 0.0385. The van der Waals surface area contributed by atoms with Gasteiger partial charge in [-0.2, -0.15) is 25.8 Å². The molecule has 0 bridgehead atoms. The van der Waals surface area contributed by atoms with Gasteiger partial charge in [-0.25, -0.2) is 4.79 Å². The van der Waals surface area contributed by atoms with Crippen LogP contribution in [0.5, 0.6) is 0 Å². The molecule has 0 radical (unpaired) electrons. The Bertz CT molecular complexity index is 2010. The lowest BCUT2D eigenvalue weighted by atomic mass is 10.1. The molecule has 1 amide bonds. The molecule has 0 spiro atoms. The summed E-state index contributed by atoms with van der Waals surface area (Å²) in [6, 6.07) is 17.0. The highest BCUT2D eigenvalue weighted by molar-refractivity contribution is 8.11. The van der Waals surface area contributed by atoms with Crippen molar-refractivity contribution in [2.75, 3.05) is 9.03 Å². The van der Waals surface area contributed by atoms with Gasteiger partial charge in [-0.3, -0.25) is 4.79 Å². The van der Waals surface area contributed by atoms with Crippen molar-refractivity contribution in [3.63, 3.8) is 0 Å². The lowest BCUT2D eigenvalue weighted by molar-refractivity contribution is 0.0698. The normalized spacial score (nSPS) is 11.7. The number of nitrogens with one attached hydrogen (secondary N) is 1. The SMILES string of the molecule is Cn1c(C(=O)Nc2ccc(C#N)cc2C(=O)O)cc2ccc(N(S(=O)(=O)c3cccs3)S(=O)(=O)c3cccs3)cc21. The fourth-order valence-corrected chi connectivity index (χ4v) is 10.2. The van der Waals surface area contributed by atoms with Crippen LogP contribution in [0.25, 0.3) is 10.9 Å². The molecule has 41 heavy (non-hydrogen) atoms. The number of benzene rings is 2. The van der Waals surface area contributed by atoms with Gasteiger partial charge in [0.1, 0.15) is 14.1 Å². The number of nitrogens with zero attached hydrogens (tertiary/aromatic N) is 3. The van der Waals surface area contributed by atoms with E-state index in [9.17, 15) is 31.5 Å². The summed E-state index contributed by atoms with van der Waals surface area (Å²) >= 11 is 1.76. The minimum atomic E-state index is -4.54. The maximum atomic E-state index is 13.6. The smallest absolute Gasteiger partial charge is 0.337 e. The second-order valence-corrected chi connectivity index (χ2v) is 14.7. The third-order valence-corrected chi connectivity index (χ3v) is 13.0. The quantitative estimate of drug-likeness (QED) is 0.250. The van der Waals surface area contributed by atoms with Crippen molar-refractivity contribution >= 4 is 76.9 Å². The molecule has 5 aromatic rings. The first kappa shape index (κ1) is 28.1. The number of hydrogen-bond acceptors (Lipinski definition) is 9. The van der Waals surface area contributed by atoms with Gasteiger partial charge in [-0.1, -0.05) is 18.2 Å². The number of rotatable bonds is 8. The molecule has 3 aromatic heterocycles. The molecule has 208 valence electrons. The molecule has 2 N–H and O–H groups in total. The third-order valence-electron chi connectivity index (χ3n) is 6.03. The Balaban J connectivity index is 1.60. The maximum absolute atomic E-state index is 13.6. The number of thiophene rings is 2. The monoisotopic (exact) mass is 626 g/mol. The van der Waals surface area contributed by atoms with Crippen LogP contribution in [0.2, 0.25) is 0 Å². The van der Waals surface area contributed by atoms with Gasteiger partial charge in [-0.15, -0.1) is 22.7 Å². The molecule has 11 nitrogen and oxygen atoms in total. The molecule has 0 aliphatic heterocycles. The number of hydrogen-bond donors (Lipinski definition) is 2. The number of amides is 1. The molecule has 2 aromatic carbocycles. The molecule has 3 heterocycles. The summed E-state index contributed by atoms with van der Waals surface area (Å²) in [5.74, 6) is -2.01. The van der Waals surface area contributed by atoms with E-state index in [1.807, 2.05) is 6.07 Å². The summed E-state index contributed by atoms with van der Waals surface area (Å²) in [4.78, 5) is 24.9. The lowest BCUT2D eigenvalue weighted by Gasteiger charge is -2.23. The zero-order valence-electron chi connectivity index (χ0n) is 20.9. The highest BCUT2D eigenvalue weighted by atomic mass is 32.3. The summed E-state index contributed by atoms with van der Waals surface area (Å²) < 4.78 is 56.0. The van der Waals surface area contributed by atoms with Crippen molar-refractivity contribution < 1.29 is 31.5 Å². The summed E-state index contributed by atoms with van der Waals surface area (Å²) in [5.41, 5.74) is 0.0875. The topological polar surface area (TPSA) is 167 Å². The number of nitriles is 1. The Labute approximate surface area is 242 Å². The zero-order chi connectivity index (χ0) is 29.5. The Morgan fingerprint density at radius 3 is 2.10 bits per heavy atom. The fourth-order valence-electron chi connectivity index (χ4n) is 4.13. The Morgan fingerprint density at radius 2 is 1.56 bits per heavy atom. The van der Waals surface area contributed by atoms with Gasteiger partial charge in [0.25, 0.3) is 26.0 Å². The van der Waals surface area contributed by atoms with Crippen LogP contribution < -0.4 is 9.03 Å². The molecule has 0 saturated carbocycles. The zero-order valence-corrected chi connectivity index (χ0v) is 24.1. The lowest BCUT2D eigenvalue weighted by Crippen LogP contribution is -2.36. The standard InChI is InChI=1S/C26H18N4O7S4/c1-29-21-14-18(30(40(34,35)23-4-2-10-38-23)41(36,37)24-5-3-11-39-24)8-7-17(21)13-22(29)25(31)28-20-9-6-16(15-27)12-19(20)26(32)33/h2-14H,1H3,(H,28,31)(H,32,33). The first-order chi connectivity index (χ1) is 19.4. The molecule has 0 fully saturated rings. The number of fused-ring (bicyclic) bond motifs is 1. The molecule has 0 unspecified atom stereocenters. The van der Waals surface area contributed by atoms with E-state index in [0.29, 0.717) is 14.6 Å². The van der Waals surface area contributed by atoms with Crippen LogP contribution in [-0.4, -0.2) is 38.4 Å². The Morgan fingerprint density at radius 1 is 0.927 bits per heavy atom. The van der Waals surface area contributed by atoms with Crippen LogP contribution in [0.4, 0.5) is 11.4 Å². The van der Waals surface area contributed by atoms with Crippen LogP contribution >= 0.6 is 22.7 Å². The molecule has 0 aliphatic carbocycles. The summed E-state index contributed by atoms with van der Waals surface area (Å²) in [6.45, 7) is 0. The molecular weight excluding hydrogens is 609 g/mol. The number of aromatic nitrogens is 1. The van der Waals surface area contributed by atoms with Crippen molar-refractivity contribution in [1.29, 1.82) is 5.26 Å². The average Bonchev–Trinajstić information content (AvgIpc) is 3.71. The van der Waals surface area contributed by atoms with E-state index < -0.39 is 31.9 Å². The first-order valence-electron chi connectivity index (χ1n) is 11.5. The average molecular weight is 627 g/mol. The van der Waals surface area contributed by atoms with Gasteiger partial charge < -0.3 is 15.0 Å². The van der Waals surface area contributed by atoms with Crippen LogP contribution in [0.1, 0.15) is 26.4 Å². The Hall–Kier alpha value is -4.49. The van der Waals surface area contributed by atoms with Crippen LogP contribution in [0.15, 0.2) is 85.9 Å². The number of anilines is 2. The van der Waals surface area contributed by atoms with Crippen LogP contribution in [0.3, 0.4) is 0 Å². The third kappa shape index (κ3) is 4.98. The molecule has 0 atom stereocenters. The number of carboxylic acid groups (broad SMARTS) is 1. The number of carboxylic acids is 1. The van der Waals surface area contributed by atoms with E-state index in [2.05, 4.69) is 5.32 Å². The van der Waals surface area contributed by atoms with Gasteiger partial charge in [-0.05, 0) is 59.3 Å². The van der Waals surface area contributed by atoms with Crippen molar-refractivity contribution in [2.24, 2.45) is 7.05 Å². The van der Waals surface area contributed by atoms with E-state index in [1.54, 1.807) is 0 Å². The first-order valence-corrected chi connectivity index (χ1v) is 16.1. The second kappa shape index (κ2) is 10.5. The predicted molar refractivity (Wildman–Crippen MR) is 154 cm³/mol. The van der Waals surface area contributed by atoms with E-state index in [1.165, 1.54) is 83.0 Å². The number of aromatic carboxylic acids is 1. The Kier molecular flexibility index (Phi) is 7.17. The summed E-state index contributed by atoms with van der Waals surface area (Å²) in [6.07, 6.45) is 0. The molecule has 0 saturated heterocycles. The predicted octanol–water partition coefficient (Wildman–Crippen LogP) is 4.71. The van der Waals surface area contributed by atoms with Gasteiger partial charge >= 0.3 is 5.97 Å². The molecule has 0 aliphatic rings. The number of aryl methyl sites for hydroxylation is 1. The van der Waals surface area contributed by atoms with Crippen molar-refractivity contribution in [3.8, 4) is 6.07 Å². The van der Waals surface area contributed by atoms with Crippen LogP contribution in [-0.2, 0) is 27.1 Å². The summed E-state index contributed by atoms with van der Waals surface area (Å²) in [7, 11) is -7.55. The van der Waals surface area contributed by atoms with E-state index in [-0.39, 0.29) is 36.6 Å². The number of carbonyl (C=O) groups excluding carboxylic acids is 1. The number of sulfonamides is 2. The summed E-state index contributed by atoms with van der Waals surface area (Å²) in [5, 5.41) is 24.7. The van der Waals surface area contributed by atoms with Gasteiger partial charge in [0.15, 0.2) is 0 Å². The van der Waals surface area contributed by atoms with E-state index in [0.717, 1.165) is 28.7 Å². The van der Waals surface area contributed by atoms with Gasteiger partial charge in [0.2, 0.25) is 0 Å². The van der Waals surface area contributed by atoms with E-state index >= 15 is 0 Å². The van der Waals surface area contributed by atoms with Gasteiger partial charge in [0.05, 0.1) is 34.1 Å². The molecule has 5 rings (SSSR count). The maximum Gasteiger partial charge on any atom is 0.337 e. The van der Waals surface area contributed by atoms with Crippen molar-refractivity contribution in [1.82, 2.24) is 4.57 Å². The highest BCUT2D eigenvalue weighted by Gasteiger charge is 2.38. The highest BCUT2D eigenvalue weighted by Crippen LogP contribution is 2.36. The molecule has 15 heteroatoms. The minimum Gasteiger partial charge on any atom is -0.478 e. The van der Waals surface area contributed by atoms with Crippen molar-refractivity contribution in [3.05, 3.63) is 94.3 Å².